The van der Waals surface area contributed by atoms with Crippen LogP contribution in [0.1, 0.15) is 48.4 Å². The van der Waals surface area contributed by atoms with Crippen molar-refractivity contribution in [3.63, 3.8) is 0 Å². The lowest BCUT2D eigenvalue weighted by Gasteiger charge is -2.22. The molecule has 0 atom stereocenters. The molecule has 0 saturated carbocycles. The topological polar surface area (TPSA) is 83.5 Å². The molecule has 0 spiro atoms. The molecule has 210 valence electrons. The number of halogens is 3. The number of alkyl halides is 3. The van der Waals surface area contributed by atoms with Gasteiger partial charge in [-0.1, -0.05) is 49.4 Å². The predicted molar refractivity (Wildman–Crippen MR) is 151 cm³/mol. The third kappa shape index (κ3) is 6.41. The highest BCUT2D eigenvalue weighted by Gasteiger charge is 2.35. The minimum absolute atomic E-state index is 0.283. The lowest BCUT2D eigenvalue weighted by atomic mass is 9.83. The van der Waals surface area contributed by atoms with Gasteiger partial charge < -0.3 is 15.3 Å². The number of pyridine rings is 1. The smallest absolute Gasteiger partial charge is 0.421 e. The second-order valence-electron chi connectivity index (χ2n) is 9.65. The van der Waals surface area contributed by atoms with Gasteiger partial charge in [-0.05, 0) is 82.5 Å². The Kier molecular flexibility index (Phi) is 8.07. The van der Waals surface area contributed by atoms with Gasteiger partial charge in [0.1, 0.15) is 17.1 Å². The number of nitrogens with one attached hydrogen (secondary N) is 2. The van der Waals surface area contributed by atoms with Gasteiger partial charge in [-0.15, -0.1) is 0 Å². The minimum atomic E-state index is -4.60. The van der Waals surface area contributed by atoms with E-state index >= 15 is 0 Å². The minimum Gasteiger partial charge on any atom is -0.478 e. The lowest BCUT2D eigenvalue weighted by Crippen LogP contribution is -2.23. The van der Waals surface area contributed by atoms with E-state index in [2.05, 4.69) is 21.9 Å². The Morgan fingerprint density at radius 2 is 1.90 bits per heavy atom. The van der Waals surface area contributed by atoms with E-state index in [1.54, 1.807) is 18.2 Å². The van der Waals surface area contributed by atoms with Crippen LogP contribution in [0.2, 0.25) is 0 Å². The summed E-state index contributed by atoms with van der Waals surface area (Å²) in [4.78, 5) is 14.6. The molecule has 2 heterocycles. The van der Waals surface area contributed by atoms with E-state index in [1.807, 2.05) is 37.3 Å². The highest BCUT2D eigenvalue weighted by atomic mass is 19.4. The van der Waals surface area contributed by atoms with Crippen LogP contribution in [0.25, 0.3) is 17.2 Å². The Morgan fingerprint density at radius 3 is 2.63 bits per heavy atom. The highest BCUT2D eigenvalue weighted by molar-refractivity contribution is 5.99. The molecule has 0 radical (unpaired) electrons. The zero-order valence-electron chi connectivity index (χ0n) is 22.3. The van der Waals surface area contributed by atoms with Crippen LogP contribution in [0, 0.1) is 0 Å². The van der Waals surface area contributed by atoms with E-state index in [1.165, 1.54) is 29.6 Å². The predicted octanol–water partition coefficient (Wildman–Crippen LogP) is 7.39. The lowest BCUT2D eigenvalue weighted by molar-refractivity contribution is -0.138. The molecule has 0 bridgehead atoms. The summed E-state index contributed by atoms with van der Waals surface area (Å²) in [6.45, 7) is 2.76. The van der Waals surface area contributed by atoms with Crippen molar-refractivity contribution in [2.45, 2.75) is 32.4 Å². The Hall–Kier alpha value is -4.63. The largest absolute Gasteiger partial charge is 0.478 e. The summed E-state index contributed by atoms with van der Waals surface area (Å²) in [6, 6.07) is 16.0. The number of carboxylic acid groups (broad SMARTS) is 1. The summed E-state index contributed by atoms with van der Waals surface area (Å²) in [6.07, 6.45) is 4.57. The number of hydrazine groups is 1. The van der Waals surface area contributed by atoms with Gasteiger partial charge in [-0.2, -0.15) is 13.2 Å². The second kappa shape index (κ2) is 11.9. The number of aliphatic carboxylic acids is 1. The number of ether oxygens (including phenoxy) is 1. The van der Waals surface area contributed by atoms with E-state index in [0.29, 0.717) is 13.0 Å². The number of carboxylic acids is 1. The molecule has 6 nitrogen and oxygen atoms in total. The van der Waals surface area contributed by atoms with Crippen LogP contribution < -0.4 is 15.6 Å². The van der Waals surface area contributed by atoms with Crippen molar-refractivity contribution in [1.82, 2.24) is 15.8 Å². The number of nitrogens with zero attached hydrogens (tertiary/aromatic N) is 1. The summed E-state index contributed by atoms with van der Waals surface area (Å²) in [7, 11) is 0. The van der Waals surface area contributed by atoms with Crippen molar-refractivity contribution in [2.75, 3.05) is 6.54 Å². The monoisotopic (exact) mass is 559 g/mol. The van der Waals surface area contributed by atoms with Gasteiger partial charge in [-0.3, -0.25) is 4.98 Å². The molecule has 1 aliphatic carbocycles. The first kappa shape index (κ1) is 27.9. The molecule has 5 rings (SSSR count). The molecule has 3 N–H and O–H groups in total. The molecule has 0 unspecified atom stereocenters. The van der Waals surface area contributed by atoms with E-state index in [0.717, 1.165) is 58.5 Å². The molecular weight excluding hydrogens is 531 g/mol. The number of hydrogen-bond donors (Lipinski definition) is 3. The van der Waals surface area contributed by atoms with E-state index in [4.69, 9.17) is 9.84 Å². The zero-order chi connectivity index (χ0) is 29.0. The van der Waals surface area contributed by atoms with Crippen molar-refractivity contribution < 1.29 is 27.8 Å². The van der Waals surface area contributed by atoms with Crippen LogP contribution >= 0.6 is 0 Å². The van der Waals surface area contributed by atoms with Gasteiger partial charge in [0.15, 0.2) is 0 Å². The molecule has 9 heteroatoms. The molecule has 0 saturated heterocycles. The van der Waals surface area contributed by atoms with Crippen molar-refractivity contribution >= 4 is 23.2 Å². The van der Waals surface area contributed by atoms with Crippen molar-refractivity contribution in [3.05, 3.63) is 118 Å². The normalized spacial score (nSPS) is 15.8. The first-order chi connectivity index (χ1) is 19.7. The molecule has 2 aliphatic rings. The van der Waals surface area contributed by atoms with Crippen molar-refractivity contribution in [2.24, 2.45) is 0 Å². The van der Waals surface area contributed by atoms with Crippen LogP contribution in [0.3, 0.4) is 0 Å². The summed E-state index contributed by atoms with van der Waals surface area (Å²) < 4.78 is 46.4. The van der Waals surface area contributed by atoms with Gasteiger partial charge in [-0.25, -0.2) is 10.2 Å². The van der Waals surface area contributed by atoms with Gasteiger partial charge in [0, 0.05) is 30.7 Å². The Bertz CT molecular complexity index is 1590. The number of carbonyl (C=O) groups is 1. The number of rotatable bonds is 8. The Morgan fingerprint density at radius 1 is 1.10 bits per heavy atom. The fourth-order valence-electron chi connectivity index (χ4n) is 5.10. The molecular formula is C32H28F3N3O3. The summed E-state index contributed by atoms with van der Waals surface area (Å²) in [5, 5.41) is 8.98. The van der Waals surface area contributed by atoms with Gasteiger partial charge in [0.2, 0.25) is 0 Å². The van der Waals surface area contributed by atoms with Crippen LogP contribution in [0.5, 0.6) is 11.5 Å². The fraction of sp³-hybridized carbons (Fsp3) is 0.188. The van der Waals surface area contributed by atoms with E-state index in [9.17, 15) is 18.0 Å². The zero-order valence-corrected chi connectivity index (χ0v) is 22.3. The third-order valence-electron chi connectivity index (χ3n) is 6.99. The first-order valence-corrected chi connectivity index (χ1v) is 13.2. The van der Waals surface area contributed by atoms with Crippen LogP contribution in [-0.2, 0) is 11.0 Å². The SMILES string of the molecule is CC/C(=C(\C1=CC2=C(CC1)NNC2)c1ccc(/C=C/C(=O)O)cc1)c1cccc(Oc2ccncc2C(F)(F)F)c1. The Balaban J connectivity index is 1.59. The maximum Gasteiger partial charge on any atom is 0.421 e. The number of benzene rings is 2. The van der Waals surface area contributed by atoms with Crippen molar-refractivity contribution in [3.8, 4) is 11.5 Å². The standard InChI is InChI=1S/C32H28F3N3O3/c1-2-26(22-4-3-5-25(17-22)41-29-14-15-36-19-27(29)32(33,34)35)31(23-11-12-28-24(16-23)18-37-38-28)21-9-6-20(7-10-21)8-13-30(39)40/h3-10,13-17,19,37-38H,2,11-12,18H2,1H3,(H,39,40)/b13-8+,31-26+. The maximum atomic E-state index is 13.5. The van der Waals surface area contributed by atoms with Crippen LogP contribution in [0.4, 0.5) is 13.2 Å². The van der Waals surface area contributed by atoms with E-state index in [-0.39, 0.29) is 11.5 Å². The number of aromatic nitrogens is 1. The second-order valence-corrected chi connectivity index (χ2v) is 9.65. The summed E-state index contributed by atoms with van der Waals surface area (Å²) >= 11 is 0. The van der Waals surface area contributed by atoms with Gasteiger partial charge >= 0.3 is 12.1 Å². The van der Waals surface area contributed by atoms with Gasteiger partial charge in [0.25, 0.3) is 0 Å². The summed E-state index contributed by atoms with van der Waals surface area (Å²) in [5.41, 5.74) is 13.6. The average Bonchev–Trinajstić information content (AvgIpc) is 3.43. The number of hydrogen-bond acceptors (Lipinski definition) is 5. The summed E-state index contributed by atoms with van der Waals surface area (Å²) in [5.74, 6) is -1.05. The highest BCUT2D eigenvalue weighted by Crippen LogP contribution is 2.41. The fourth-order valence-corrected chi connectivity index (χ4v) is 5.10. The third-order valence-corrected chi connectivity index (χ3v) is 6.99. The van der Waals surface area contributed by atoms with E-state index < -0.39 is 17.7 Å². The molecule has 1 aliphatic heterocycles. The van der Waals surface area contributed by atoms with Gasteiger partial charge in [0.05, 0.1) is 0 Å². The number of allylic oxidation sites excluding steroid dienone is 4. The first-order valence-electron chi connectivity index (χ1n) is 13.2. The van der Waals surface area contributed by atoms with Crippen molar-refractivity contribution in [1.29, 1.82) is 0 Å². The quantitative estimate of drug-likeness (QED) is 0.197. The maximum absolute atomic E-state index is 13.5. The molecule has 3 aromatic rings. The average molecular weight is 560 g/mol. The molecule has 0 fully saturated rings. The van der Waals surface area contributed by atoms with Crippen LogP contribution in [0.15, 0.2) is 96.0 Å². The molecule has 41 heavy (non-hydrogen) atoms. The molecule has 0 amide bonds. The molecule has 2 aromatic carbocycles. The molecule has 1 aromatic heterocycles. The van der Waals surface area contributed by atoms with Crippen LogP contribution in [-0.4, -0.2) is 22.6 Å². The Labute approximate surface area is 235 Å².